The quantitative estimate of drug-likeness (QED) is 0.779. The highest BCUT2D eigenvalue weighted by Gasteiger charge is 2.41. The van der Waals surface area contributed by atoms with Crippen molar-refractivity contribution < 1.29 is 9.90 Å². The lowest BCUT2D eigenvalue weighted by Crippen LogP contribution is -2.54. The predicted molar refractivity (Wildman–Crippen MR) is 60.9 cm³/mol. The van der Waals surface area contributed by atoms with E-state index in [0.29, 0.717) is 0 Å². The molecule has 0 aromatic rings. The summed E-state index contributed by atoms with van der Waals surface area (Å²) in [5.41, 5.74) is -0.0855. The minimum atomic E-state index is -0.657. The van der Waals surface area contributed by atoms with Crippen LogP contribution in [0, 0.1) is 5.41 Å². The van der Waals surface area contributed by atoms with Crippen LogP contribution in [-0.4, -0.2) is 35.1 Å². The molecule has 0 spiro atoms. The molecule has 0 amide bonds. The lowest BCUT2D eigenvalue weighted by Gasteiger charge is -2.44. The number of unbranched alkanes of at least 4 members (excludes halogenated alkanes) is 1. The van der Waals surface area contributed by atoms with E-state index >= 15 is 0 Å². The van der Waals surface area contributed by atoms with Crippen molar-refractivity contribution in [1.29, 1.82) is 0 Å². The first-order chi connectivity index (χ1) is 6.99. The van der Waals surface area contributed by atoms with Gasteiger partial charge in [-0.1, -0.05) is 27.2 Å². The van der Waals surface area contributed by atoms with Crippen molar-refractivity contribution in [2.45, 2.75) is 52.5 Å². The number of piperidine rings is 1. The number of aliphatic carboxylic acids is 1. The molecule has 1 unspecified atom stereocenters. The minimum Gasteiger partial charge on any atom is -0.480 e. The van der Waals surface area contributed by atoms with Crippen LogP contribution < -0.4 is 0 Å². The van der Waals surface area contributed by atoms with Crippen molar-refractivity contribution in [2.24, 2.45) is 5.41 Å². The number of hydrogen-bond acceptors (Lipinski definition) is 2. The van der Waals surface area contributed by atoms with Gasteiger partial charge in [-0.3, -0.25) is 9.69 Å². The van der Waals surface area contributed by atoms with Gasteiger partial charge in [0.1, 0.15) is 6.04 Å². The monoisotopic (exact) mass is 213 g/mol. The molecule has 1 N–H and O–H groups in total. The molecule has 0 bridgehead atoms. The van der Waals surface area contributed by atoms with E-state index in [1.54, 1.807) is 0 Å². The molecule has 3 heteroatoms. The Kier molecular flexibility index (Phi) is 4.14. The first-order valence-corrected chi connectivity index (χ1v) is 5.96. The third-order valence-corrected chi connectivity index (χ3v) is 3.40. The van der Waals surface area contributed by atoms with Crippen LogP contribution in [0.1, 0.15) is 46.5 Å². The molecular formula is C12H23NO2. The summed E-state index contributed by atoms with van der Waals surface area (Å²) in [6.07, 6.45) is 4.37. The Morgan fingerprint density at radius 2 is 2.20 bits per heavy atom. The van der Waals surface area contributed by atoms with Crippen LogP contribution in [0.4, 0.5) is 0 Å². The van der Waals surface area contributed by atoms with Gasteiger partial charge in [-0.25, -0.2) is 0 Å². The van der Waals surface area contributed by atoms with Crippen LogP contribution in [-0.2, 0) is 4.79 Å². The van der Waals surface area contributed by atoms with Gasteiger partial charge in [-0.15, -0.1) is 0 Å². The summed E-state index contributed by atoms with van der Waals surface area (Å²) < 4.78 is 0. The van der Waals surface area contributed by atoms with Crippen LogP contribution in [0.5, 0.6) is 0 Å². The van der Waals surface area contributed by atoms with E-state index in [9.17, 15) is 9.90 Å². The molecule has 0 radical (unpaired) electrons. The predicted octanol–water partition coefficient (Wildman–Crippen LogP) is 2.36. The molecular weight excluding hydrogens is 190 g/mol. The van der Waals surface area contributed by atoms with Gasteiger partial charge in [-0.2, -0.15) is 0 Å². The van der Waals surface area contributed by atoms with E-state index in [4.69, 9.17) is 0 Å². The maximum atomic E-state index is 11.3. The standard InChI is InChI=1S/C12H23NO2/c1-4-5-8-13-9-6-7-12(2,3)10(13)11(14)15/h10H,4-9H2,1-3H3,(H,14,15). The van der Waals surface area contributed by atoms with E-state index in [1.807, 2.05) is 0 Å². The Morgan fingerprint density at radius 3 is 2.73 bits per heavy atom. The van der Waals surface area contributed by atoms with Gasteiger partial charge in [-0.05, 0) is 37.8 Å². The second-order valence-electron chi connectivity index (χ2n) is 5.22. The molecule has 1 rings (SSSR count). The highest BCUT2D eigenvalue weighted by molar-refractivity contribution is 5.74. The number of carboxylic acids is 1. The van der Waals surface area contributed by atoms with Crippen molar-refractivity contribution in [3.8, 4) is 0 Å². The number of nitrogens with zero attached hydrogens (tertiary/aromatic N) is 1. The van der Waals surface area contributed by atoms with Crippen molar-refractivity contribution in [3.05, 3.63) is 0 Å². The fourth-order valence-corrected chi connectivity index (χ4v) is 2.59. The molecule has 0 saturated carbocycles. The number of rotatable bonds is 4. The fraction of sp³-hybridized carbons (Fsp3) is 0.917. The average molecular weight is 213 g/mol. The molecule has 1 atom stereocenters. The maximum Gasteiger partial charge on any atom is 0.321 e. The zero-order valence-electron chi connectivity index (χ0n) is 10.1. The van der Waals surface area contributed by atoms with Crippen molar-refractivity contribution in [1.82, 2.24) is 4.90 Å². The summed E-state index contributed by atoms with van der Waals surface area (Å²) in [4.78, 5) is 13.5. The van der Waals surface area contributed by atoms with E-state index in [-0.39, 0.29) is 11.5 Å². The van der Waals surface area contributed by atoms with Crippen LogP contribution in [0.15, 0.2) is 0 Å². The second-order valence-corrected chi connectivity index (χ2v) is 5.22. The molecule has 15 heavy (non-hydrogen) atoms. The molecule has 0 aromatic carbocycles. The van der Waals surface area contributed by atoms with Gasteiger partial charge in [0.25, 0.3) is 0 Å². The van der Waals surface area contributed by atoms with E-state index in [1.165, 1.54) is 0 Å². The summed E-state index contributed by atoms with van der Waals surface area (Å²) in [5, 5.41) is 9.30. The van der Waals surface area contributed by atoms with Crippen molar-refractivity contribution >= 4 is 5.97 Å². The number of hydrogen-bond donors (Lipinski definition) is 1. The molecule has 88 valence electrons. The lowest BCUT2D eigenvalue weighted by molar-refractivity contribution is -0.150. The molecule has 1 fully saturated rings. The summed E-state index contributed by atoms with van der Waals surface area (Å²) >= 11 is 0. The molecule has 1 heterocycles. The number of carboxylic acid groups (broad SMARTS) is 1. The van der Waals surface area contributed by atoms with Gasteiger partial charge >= 0.3 is 5.97 Å². The van der Waals surface area contributed by atoms with Crippen molar-refractivity contribution in [2.75, 3.05) is 13.1 Å². The molecule has 1 aliphatic rings. The van der Waals surface area contributed by atoms with E-state index in [2.05, 4.69) is 25.7 Å². The maximum absolute atomic E-state index is 11.3. The highest BCUT2D eigenvalue weighted by Crippen LogP contribution is 2.35. The van der Waals surface area contributed by atoms with E-state index in [0.717, 1.165) is 38.8 Å². The SMILES string of the molecule is CCCCN1CCCC(C)(C)C1C(=O)O. The van der Waals surface area contributed by atoms with Crippen LogP contribution >= 0.6 is 0 Å². The highest BCUT2D eigenvalue weighted by atomic mass is 16.4. The van der Waals surface area contributed by atoms with Gasteiger partial charge in [0.05, 0.1) is 0 Å². The lowest BCUT2D eigenvalue weighted by atomic mass is 9.76. The summed E-state index contributed by atoms with van der Waals surface area (Å²) in [6, 6.07) is -0.294. The number of likely N-dealkylation sites (tertiary alicyclic amines) is 1. The normalized spacial score (nSPS) is 26.5. The first kappa shape index (κ1) is 12.5. The molecule has 0 aromatic heterocycles. The Labute approximate surface area is 92.5 Å². The third-order valence-electron chi connectivity index (χ3n) is 3.40. The Balaban J connectivity index is 2.71. The molecule has 1 saturated heterocycles. The van der Waals surface area contributed by atoms with Gasteiger partial charge < -0.3 is 5.11 Å². The first-order valence-electron chi connectivity index (χ1n) is 5.96. The largest absolute Gasteiger partial charge is 0.480 e. The van der Waals surface area contributed by atoms with Crippen LogP contribution in [0.3, 0.4) is 0 Å². The summed E-state index contributed by atoms with van der Waals surface area (Å²) in [7, 11) is 0. The average Bonchev–Trinajstić information content (AvgIpc) is 2.12. The Morgan fingerprint density at radius 1 is 1.53 bits per heavy atom. The second kappa shape index (κ2) is 4.97. The van der Waals surface area contributed by atoms with Crippen LogP contribution in [0.25, 0.3) is 0 Å². The van der Waals surface area contributed by atoms with Gasteiger partial charge in [0.15, 0.2) is 0 Å². The van der Waals surface area contributed by atoms with Gasteiger partial charge in [0.2, 0.25) is 0 Å². The molecule has 1 aliphatic heterocycles. The number of carbonyl (C=O) groups is 1. The van der Waals surface area contributed by atoms with Crippen LogP contribution in [0.2, 0.25) is 0 Å². The molecule has 0 aliphatic carbocycles. The zero-order valence-corrected chi connectivity index (χ0v) is 10.1. The summed E-state index contributed by atoms with van der Waals surface area (Å²) in [6.45, 7) is 8.16. The van der Waals surface area contributed by atoms with Gasteiger partial charge in [0, 0.05) is 0 Å². The topological polar surface area (TPSA) is 40.5 Å². The molecule has 3 nitrogen and oxygen atoms in total. The Bertz CT molecular complexity index is 226. The summed E-state index contributed by atoms with van der Waals surface area (Å²) in [5.74, 6) is -0.657. The fourth-order valence-electron chi connectivity index (χ4n) is 2.59. The Hall–Kier alpha value is -0.570. The third kappa shape index (κ3) is 2.94. The van der Waals surface area contributed by atoms with Crippen molar-refractivity contribution in [3.63, 3.8) is 0 Å². The smallest absolute Gasteiger partial charge is 0.321 e. The van der Waals surface area contributed by atoms with E-state index < -0.39 is 5.97 Å². The zero-order chi connectivity index (χ0) is 11.5. The minimum absolute atomic E-state index is 0.0855.